The fourth-order valence-electron chi connectivity index (χ4n) is 1.91. The Morgan fingerprint density at radius 1 is 1.59 bits per heavy atom. The number of nitrogens with two attached hydrogens (primary N) is 1. The quantitative estimate of drug-likeness (QED) is 0.696. The molecule has 1 aliphatic heterocycles. The molecule has 17 heavy (non-hydrogen) atoms. The molecule has 0 radical (unpaired) electrons. The number of thioether (sulfide) groups is 1. The molecule has 2 unspecified atom stereocenters. The summed E-state index contributed by atoms with van der Waals surface area (Å²) in [5.74, 6) is 2.09. The van der Waals surface area contributed by atoms with Crippen molar-refractivity contribution in [2.45, 2.75) is 18.6 Å². The Kier molecular flexibility index (Phi) is 6.87. The molecule has 1 saturated heterocycles. The van der Waals surface area contributed by atoms with Crippen LogP contribution >= 0.6 is 11.8 Å². The van der Waals surface area contributed by atoms with E-state index >= 15 is 0 Å². The second-order valence-electron chi connectivity index (χ2n) is 4.00. The molecule has 1 aliphatic rings. The average Bonchev–Trinajstić information content (AvgIpc) is 2.85. The molecule has 1 fully saturated rings. The third kappa shape index (κ3) is 4.13. The van der Waals surface area contributed by atoms with Crippen LogP contribution in [0.15, 0.2) is 0 Å². The molecule has 1 amide bonds. The molecular formula is C11H22N2O3S. The first-order valence-electron chi connectivity index (χ1n) is 5.84. The Morgan fingerprint density at radius 2 is 2.35 bits per heavy atom. The van der Waals surface area contributed by atoms with E-state index in [-0.39, 0.29) is 12.5 Å². The number of hydrogen-bond acceptors (Lipinski definition) is 5. The van der Waals surface area contributed by atoms with Crippen molar-refractivity contribution in [1.82, 2.24) is 4.90 Å². The van der Waals surface area contributed by atoms with Crippen molar-refractivity contribution in [1.29, 1.82) is 0 Å². The van der Waals surface area contributed by atoms with Crippen molar-refractivity contribution < 1.29 is 14.3 Å². The van der Waals surface area contributed by atoms with E-state index < -0.39 is 6.10 Å². The Morgan fingerprint density at radius 3 is 2.82 bits per heavy atom. The van der Waals surface area contributed by atoms with E-state index in [1.54, 1.807) is 7.11 Å². The minimum atomic E-state index is -0.530. The third-order valence-corrected chi connectivity index (χ3v) is 4.08. The smallest absolute Gasteiger partial charge is 0.253 e. The number of carbonyl (C=O) groups excluding carboxylic acids is 1. The van der Waals surface area contributed by atoms with Gasteiger partial charge in [0.05, 0.1) is 6.61 Å². The largest absolute Gasteiger partial charge is 0.383 e. The third-order valence-electron chi connectivity index (χ3n) is 2.94. The summed E-state index contributed by atoms with van der Waals surface area (Å²) in [4.78, 5) is 14.1. The van der Waals surface area contributed by atoms with Crippen LogP contribution in [-0.4, -0.2) is 68.4 Å². The summed E-state index contributed by atoms with van der Waals surface area (Å²) >= 11 is 1.88. The Hall–Kier alpha value is -0.300. The number of rotatable bonds is 7. The fraction of sp³-hybridized carbons (Fsp3) is 0.909. The molecule has 2 atom stereocenters. The molecule has 0 aromatic heterocycles. The van der Waals surface area contributed by atoms with Gasteiger partial charge in [-0.15, -0.1) is 0 Å². The molecule has 2 N–H and O–H groups in total. The van der Waals surface area contributed by atoms with Gasteiger partial charge in [0, 0.05) is 39.1 Å². The molecule has 0 saturated carbocycles. The maximum atomic E-state index is 12.3. The van der Waals surface area contributed by atoms with Gasteiger partial charge in [-0.1, -0.05) is 0 Å². The van der Waals surface area contributed by atoms with E-state index in [2.05, 4.69) is 0 Å². The van der Waals surface area contributed by atoms with Gasteiger partial charge in [0.1, 0.15) is 6.10 Å². The van der Waals surface area contributed by atoms with Gasteiger partial charge >= 0.3 is 0 Å². The first-order chi connectivity index (χ1) is 8.24. The lowest BCUT2D eigenvalue weighted by molar-refractivity contribution is -0.144. The van der Waals surface area contributed by atoms with Crippen LogP contribution < -0.4 is 5.73 Å². The van der Waals surface area contributed by atoms with E-state index in [9.17, 15) is 4.79 Å². The number of hydrogen-bond donors (Lipinski definition) is 1. The van der Waals surface area contributed by atoms with Gasteiger partial charge in [-0.2, -0.15) is 11.8 Å². The number of carbonyl (C=O) groups is 1. The van der Waals surface area contributed by atoms with Gasteiger partial charge in [0.15, 0.2) is 0 Å². The van der Waals surface area contributed by atoms with Crippen LogP contribution in [0.3, 0.4) is 0 Å². The van der Waals surface area contributed by atoms with Crippen molar-refractivity contribution in [3.63, 3.8) is 0 Å². The van der Waals surface area contributed by atoms with Crippen LogP contribution in [-0.2, 0) is 14.3 Å². The molecule has 0 aromatic rings. The molecular weight excluding hydrogens is 240 g/mol. The van der Waals surface area contributed by atoms with Crippen LogP contribution in [0.4, 0.5) is 0 Å². The highest BCUT2D eigenvalue weighted by Gasteiger charge is 2.30. The van der Waals surface area contributed by atoms with Crippen molar-refractivity contribution in [3.05, 3.63) is 0 Å². The van der Waals surface area contributed by atoms with Crippen LogP contribution in [0.25, 0.3) is 0 Å². The highest BCUT2D eigenvalue weighted by atomic mass is 32.2. The van der Waals surface area contributed by atoms with Crippen LogP contribution in [0, 0.1) is 0 Å². The summed E-state index contributed by atoms with van der Waals surface area (Å²) in [7, 11) is 3.16. The van der Waals surface area contributed by atoms with E-state index in [0.717, 1.165) is 17.9 Å². The van der Waals surface area contributed by atoms with Gasteiger partial charge in [-0.05, 0) is 12.2 Å². The van der Waals surface area contributed by atoms with E-state index in [1.165, 1.54) is 7.11 Å². The first-order valence-corrected chi connectivity index (χ1v) is 7.00. The standard InChI is InChI=1S/C11H22N2O3S/c1-15-5-4-13(9-3-6-17-8-9)11(14)10(7-12)16-2/h9-10H,3-8,12H2,1-2H3. The van der Waals surface area contributed by atoms with Gasteiger partial charge in [-0.3, -0.25) is 4.79 Å². The second kappa shape index (κ2) is 7.92. The maximum Gasteiger partial charge on any atom is 0.253 e. The van der Waals surface area contributed by atoms with Gasteiger partial charge in [0.25, 0.3) is 5.91 Å². The van der Waals surface area contributed by atoms with Gasteiger partial charge in [0.2, 0.25) is 0 Å². The molecule has 100 valence electrons. The zero-order valence-electron chi connectivity index (χ0n) is 10.6. The first kappa shape index (κ1) is 14.8. The number of ether oxygens (including phenoxy) is 2. The zero-order valence-corrected chi connectivity index (χ0v) is 11.4. The number of methoxy groups -OCH3 is 2. The Balaban J connectivity index is 2.63. The predicted octanol–water partition coefficient (Wildman–Crippen LogP) is -0.0594. The Bertz CT molecular complexity index is 231. The molecule has 0 spiro atoms. The second-order valence-corrected chi connectivity index (χ2v) is 5.15. The lowest BCUT2D eigenvalue weighted by Gasteiger charge is -2.31. The topological polar surface area (TPSA) is 64.8 Å². The van der Waals surface area contributed by atoms with Crippen LogP contribution in [0.1, 0.15) is 6.42 Å². The SMILES string of the molecule is COCCN(C(=O)C(CN)OC)C1CCSC1. The molecule has 1 rings (SSSR count). The molecule has 0 aromatic carbocycles. The molecule has 5 nitrogen and oxygen atoms in total. The minimum Gasteiger partial charge on any atom is -0.383 e. The minimum absolute atomic E-state index is 0.0143. The van der Waals surface area contributed by atoms with Crippen molar-refractivity contribution in [3.8, 4) is 0 Å². The summed E-state index contributed by atoms with van der Waals surface area (Å²) in [6, 6.07) is 0.298. The van der Waals surface area contributed by atoms with Gasteiger partial charge in [-0.25, -0.2) is 0 Å². The lowest BCUT2D eigenvalue weighted by Crippen LogP contribution is -2.49. The van der Waals surface area contributed by atoms with Gasteiger partial charge < -0.3 is 20.1 Å². The van der Waals surface area contributed by atoms with Crippen molar-refractivity contribution >= 4 is 17.7 Å². The normalized spacial score (nSPS) is 21.5. The summed E-state index contributed by atoms with van der Waals surface area (Å²) in [6.07, 6.45) is 0.513. The van der Waals surface area contributed by atoms with Crippen molar-refractivity contribution in [2.24, 2.45) is 5.73 Å². The predicted molar refractivity (Wildman–Crippen MR) is 69.2 cm³/mol. The highest BCUT2D eigenvalue weighted by molar-refractivity contribution is 7.99. The van der Waals surface area contributed by atoms with Crippen LogP contribution in [0.5, 0.6) is 0 Å². The summed E-state index contributed by atoms with van der Waals surface area (Å²) in [6.45, 7) is 1.38. The number of nitrogens with zero attached hydrogens (tertiary/aromatic N) is 1. The molecule has 6 heteroatoms. The lowest BCUT2D eigenvalue weighted by atomic mass is 10.2. The number of amides is 1. The summed E-state index contributed by atoms with van der Waals surface area (Å²) < 4.78 is 10.2. The monoisotopic (exact) mass is 262 g/mol. The van der Waals surface area contributed by atoms with E-state index in [4.69, 9.17) is 15.2 Å². The Labute approximate surface area is 107 Å². The average molecular weight is 262 g/mol. The fourth-order valence-corrected chi connectivity index (χ4v) is 3.14. The van der Waals surface area contributed by atoms with E-state index in [0.29, 0.717) is 19.2 Å². The molecule has 0 bridgehead atoms. The maximum absolute atomic E-state index is 12.3. The van der Waals surface area contributed by atoms with Crippen molar-refractivity contribution in [2.75, 3.05) is 45.4 Å². The summed E-state index contributed by atoms with van der Waals surface area (Å²) in [5.41, 5.74) is 5.54. The summed E-state index contributed by atoms with van der Waals surface area (Å²) in [5, 5.41) is 0. The molecule has 0 aliphatic carbocycles. The van der Waals surface area contributed by atoms with E-state index in [1.807, 2.05) is 16.7 Å². The van der Waals surface area contributed by atoms with Crippen LogP contribution in [0.2, 0.25) is 0 Å². The molecule has 1 heterocycles. The highest BCUT2D eigenvalue weighted by Crippen LogP contribution is 2.23. The zero-order chi connectivity index (χ0) is 12.7.